The minimum Gasteiger partial charge on any atom is -0.351 e. The van der Waals surface area contributed by atoms with E-state index in [0.29, 0.717) is 11.3 Å². The second-order valence-electron chi connectivity index (χ2n) is 2.95. The molecule has 0 spiro atoms. The number of hydrogen-bond donors (Lipinski definition) is 1. The molecule has 1 aromatic rings. The van der Waals surface area contributed by atoms with Crippen LogP contribution in [0.2, 0.25) is 0 Å². The van der Waals surface area contributed by atoms with Crippen LogP contribution < -0.4 is 5.32 Å². The van der Waals surface area contributed by atoms with Crippen LogP contribution >= 0.6 is 27.7 Å². The van der Waals surface area contributed by atoms with Crippen LogP contribution in [-0.2, 0) is 11.3 Å². The molecule has 0 aliphatic heterocycles. The summed E-state index contributed by atoms with van der Waals surface area (Å²) in [5, 5.41) is 2.65. The number of carbonyl (C=O) groups excluding carboxylic acids is 1. The van der Waals surface area contributed by atoms with Crippen LogP contribution in [-0.4, -0.2) is 17.9 Å². The molecular formula is C10H11BrFNOS. The first-order valence-electron chi connectivity index (χ1n) is 4.33. The van der Waals surface area contributed by atoms with E-state index in [-0.39, 0.29) is 18.3 Å². The van der Waals surface area contributed by atoms with E-state index in [9.17, 15) is 9.18 Å². The maximum absolute atomic E-state index is 13.2. The largest absolute Gasteiger partial charge is 0.351 e. The minimum absolute atomic E-state index is 0.0816. The number of amides is 1. The van der Waals surface area contributed by atoms with Crippen molar-refractivity contribution in [2.24, 2.45) is 0 Å². The molecule has 1 amide bonds. The molecule has 15 heavy (non-hydrogen) atoms. The van der Waals surface area contributed by atoms with Gasteiger partial charge in [-0.3, -0.25) is 4.79 Å². The highest BCUT2D eigenvalue weighted by Gasteiger charge is 2.04. The number of rotatable bonds is 4. The molecule has 0 radical (unpaired) electrons. The molecule has 0 saturated heterocycles. The standard InChI is InChI=1S/C10H11BrFNOS/c1-15-6-10(14)13-5-7-4-8(11)2-3-9(7)12/h2-4H,5-6H2,1H3,(H,13,14). The van der Waals surface area contributed by atoms with Gasteiger partial charge in [0.1, 0.15) is 5.82 Å². The van der Waals surface area contributed by atoms with Crippen molar-refractivity contribution in [2.45, 2.75) is 6.54 Å². The van der Waals surface area contributed by atoms with Gasteiger partial charge in [0.05, 0.1) is 5.75 Å². The number of benzene rings is 1. The molecular weight excluding hydrogens is 281 g/mol. The van der Waals surface area contributed by atoms with Gasteiger partial charge in [-0.05, 0) is 24.5 Å². The second-order valence-corrected chi connectivity index (χ2v) is 4.73. The average Bonchev–Trinajstić information content (AvgIpc) is 2.20. The van der Waals surface area contributed by atoms with Crippen LogP contribution in [0.3, 0.4) is 0 Å². The fraction of sp³-hybridized carbons (Fsp3) is 0.300. The Morgan fingerprint density at radius 3 is 3.00 bits per heavy atom. The molecule has 82 valence electrons. The summed E-state index contributed by atoms with van der Waals surface area (Å²) >= 11 is 4.69. The van der Waals surface area contributed by atoms with Crippen LogP contribution in [0.4, 0.5) is 4.39 Å². The van der Waals surface area contributed by atoms with E-state index in [0.717, 1.165) is 4.47 Å². The molecule has 0 aromatic heterocycles. The third kappa shape index (κ3) is 4.22. The van der Waals surface area contributed by atoms with Crippen molar-refractivity contribution < 1.29 is 9.18 Å². The average molecular weight is 292 g/mol. The SMILES string of the molecule is CSCC(=O)NCc1cc(Br)ccc1F. The summed E-state index contributed by atoms with van der Waals surface area (Å²) in [6.45, 7) is 0.227. The van der Waals surface area contributed by atoms with Crippen molar-refractivity contribution in [3.05, 3.63) is 34.1 Å². The lowest BCUT2D eigenvalue weighted by Crippen LogP contribution is -2.24. The summed E-state index contributed by atoms with van der Waals surface area (Å²) in [5.74, 6) is 0.0137. The van der Waals surface area contributed by atoms with Gasteiger partial charge in [-0.1, -0.05) is 15.9 Å². The molecule has 0 bridgehead atoms. The highest BCUT2D eigenvalue weighted by Crippen LogP contribution is 2.15. The predicted molar refractivity (Wildman–Crippen MR) is 64.3 cm³/mol. The van der Waals surface area contributed by atoms with Crippen LogP contribution in [0, 0.1) is 5.82 Å². The smallest absolute Gasteiger partial charge is 0.230 e. The Hall–Kier alpha value is -0.550. The first-order valence-corrected chi connectivity index (χ1v) is 6.51. The lowest BCUT2D eigenvalue weighted by atomic mass is 10.2. The van der Waals surface area contributed by atoms with E-state index >= 15 is 0 Å². The van der Waals surface area contributed by atoms with Crippen LogP contribution in [0.1, 0.15) is 5.56 Å². The van der Waals surface area contributed by atoms with E-state index in [4.69, 9.17) is 0 Å². The first kappa shape index (κ1) is 12.5. The van der Waals surface area contributed by atoms with Gasteiger partial charge in [0.25, 0.3) is 0 Å². The van der Waals surface area contributed by atoms with Crippen LogP contribution in [0.25, 0.3) is 0 Å². The normalized spacial score (nSPS) is 10.1. The summed E-state index contributed by atoms with van der Waals surface area (Å²) in [6.07, 6.45) is 1.85. The Bertz CT molecular complexity index is 359. The van der Waals surface area contributed by atoms with E-state index < -0.39 is 0 Å². The number of halogens is 2. The van der Waals surface area contributed by atoms with Gasteiger partial charge in [-0.2, -0.15) is 11.8 Å². The topological polar surface area (TPSA) is 29.1 Å². The van der Waals surface area contributed by atoms with E-state index in [1.165, 1.54) is 17.8 Å². The Morgan fingerprint density at radius 2 is 2.33 bits per heavy atom. The van der Waals surface area contributed by atoms with Crippen molar-refractivity contribution in [1.29, 1.82) is 0 Å². The monoisotopic (exact) mass is 291 g/mol. The molecule has 0 aliphatic carbocycles. The van der Waals surface area contributed by atoms with Gasteiger partial charge in [0, 0.05) is 16.6 Å². The zero-order chi connectivity index (χ0) is 11.3. The summed E-state index contributed by atoms with van der Waals surface area (Å²) in [5.41, 5.74) is 0.485. The van der Waals surface area contributed by atoms with Gasteiger partial charge in [0.2, 0.25) is 5.91 Å². The van der Waals surface area contributed by atoms with Gasteiger partial charge >= 0.3 is 0 Å². The lowest BCUT2D eigenvalue weighted by Gasteiger charge is -2.05. The number of thioether (sulfide) groups is 1. The molecule has 1 N–H and O–H groups in total. The molecule has 0 unspecified atom stereocenters. The van der Waals surface area contributed by atoms with Crippen molar-refractivity contribution in [1.82, 2.24) is 5.32 Å². The van der Waals surface area contributed by atoms with E-state index in [1.807, 2.05) is 6.26 Å². The highest BCUT2D eigenvalue weighted by atomic mass is 79.9. The zero-order valence-electron chi connectivity index (χ0n) is 8.22. The van der Waals surface area contributed by atoms with Crippen molar-refractivity contribution >= 4 is 33.6 Å². The van der Waals surface area contributed by atoms with Crippen LogP contribution in [0.5, 0.6) is 0 Å². The van der Waals surface area contributed by atoms with Crippen molar-refractivity contribution in [3.8, 4) is 0 Å². The van der Waals surface area contributed by atoms with Crippen molar-refractivity contribution in [2.75, 3.05) is 12.0 Å². The summed E-state index contributed by atoms with van der Waals surface area (Å²) < 4.78 is 14.0. The fourth-order valence-corrected chi connectivity index (χ4v) is 1.83. The van der Waals surface area contributed by atoms with Gasteiger partial charge in [-0.25, -0.2) is 4.39 Å². The Kier molecular flexibility index (Phi) is 5.11. The molecule has 0 aliphatic rings. The van der Waals surface area contributed by atoms with Crippen LogP contribution in [0.15, 0.2) is 22.7 Å². The Morgan fingerprint density at radius 1 is 1.60 bits per heavy atom. The van der Waals surface area contributed by atoms with Crippen molar-refractivity contribution in [3.63, 3.8) is 0 Å². The van der Waals surface area contributed by atoms with Gasteiger partial charge in [-0.15, -0.1) is 0 Å². The van der Waals surface area contributed by atoms with E-state index in [2.05, 4.69) is 21.2 Å². The maximum atomic E-state index is 13.2. The van der Waals surface area contributed by atoms with Gasteiger partial charge in [0.15, 0.2) is 0 Å². The number of nitrogens with one attached hydrogen (secondary N) is 1. The fourth-order valence-electron chi connectivity index (χ4n) is 1.05. The molecule has 0 atom stereocenters. The molecule has 0 saturated carbocycles. The third-order valence-electron chi connectivity index (χ3n) is 1.76. The zero-order valence-corrected chi connectivity index (χ0v) is 10.6. The minimum atomic E-state index is -0.303. The lowest BCUT2D eigenvalue weighted by molar-refractivity contribution is -0.118. The Labute approximate surface area is 101 Å². The molecule has 1 aromatic carbocycles. The summed E-state index contributed by atoms with van der Waals surface area (Å²) in [6, 6.07) is 4.66. The third-order valence-corrected chi connectivity index (χ3v) is 2.80. The quantitative estimate of drug-likeness (QED) is 0.924. The number of carbonyl (C=O) groups is 1. The molecule has 1 rings (SSSR count). The second kappa shape index (κ2) is 6.12. The first-order chi connectivity index (χ1) is 7.13. The molecule has 2 nitrogen and oxygen atoms in total. The molecule has 0 fully saturated rings. The molecule has 5 heteroatoms. The molecule has 0 heterocycles. The Balaban J connectivity index is 2.57. The summed E-state index contributed by atoms with van der Waals surface area (Å²) in [4.78, 5) is 11.1. The predicted octanol–water partition coefficient (Wildman–Crippen LogP) is 2.57. The highest BCUT2D eigenvalue weighted by molar-refractivity contribution is 9.10. The summed E-state index contributed by atoms with van der Waals surface area (Å²) in [7, 11) is 0. The van der Waals surface area contributed by atoms with Gasteiger partial charge < -0.3 is 5.32 Å². The van der Waals surface area contributed by atoms with E-state index in [1.54, 1.807) is 12.1 Å². The maximum Gasteiger partial charge on any atom is 0.230 e. The number of hydrogen-bond acceptors (Lipinski definition) is 2.